The molecule has 9 nitrogen and oxygen atoms in total. The fraction of sp³-hybridized carbons (Fsp3) is 0.286. The van der Waals surface area contributed by atoms with Gasteiger partial charge < -0.3 is 19.3 Å². The number of likely N-dealkylation sites (tertiary alicyclic amines) is 2. The fourth-order valence-electron chi connectivity index (χ4n) is 5.87. The van der Waals surface area contributed by atoms with Gasteiger partial charge in [0.15, 0.2) is 11.5 Å². The molecule has 7 rings (SSSR count). The maximum atomic E-state index is 14.1. The number of hydrogen-bond acceptors (Lipinski definition) is 6. The van der Waals surface area contributed by atoms with E-state index in [2.05, 4.69) is 10.3 Å². The predicted molar refractivity (Wildman–Crippen MR) is 134 cm³/mol. The van der Waals surface area contributed by atoms with Gasteiger partial charge >= 0.3 is 6.03 Å². The normalized spacial score (nSPS) is 21.1. The van der Waals surface area contributed by atoms with Gasteiger partial charge in [-0.3, -0.25) is 4.79 Å². The van der Waals surface area contributed by atoms with Crippen molar-refractivity contribution < 1.29 is 23.5 Å². The molecular formula is C28H24FN5O4. The van der Waals surface area contributed by atoms with Gasteiger partial charge in [-0.25, -0.2) is 9.18 Å². The van der Waals surface area contributed by atoms with E-state index in [1.165, 1.54) is 16.8 Å². The third kappa shape index (κ3) is 3.59. The maximum Gasteiger partial charge on any atom is 0.346 e. The highest BCUT2D eigenvalue weighted by Crippen LogP contribution is 2.50. The second-order valence-corrected chi connectivity index (χ2v) is 9.83. The molecule has 2 atom stereocenters. The first-order chi connectivity index (χ1) is 18.6. The van der Waals surface area contributed by atoms with Gasteiger partial charge in [0, 0.05) is 19.1 Å². The molecule has 4 aromatic rings. The molecule has 3 aromatic carbocycles. The van der Waals surface area contributed by atoms with Crippen molar-refractivity contribution in [3.8, 4) is 11.5 Å². The van der Waals surface area contributed by atoms with Crippen LogP contribution in [-0.2, 0) is 4.79 Å². The van der Waals surface area contributed by atoms with Crippen LogP contribution in [0.4, 0.5) is 9.18 Å². The van der Waals surface area contributed by atoms with Crippen molar-refractivity contribution >= 4 is 23.0 Å². The smallest absolute Gasteiger partial charge is 0.346 e. The number of benzene rings is 3. The average molecular weight is 514 g/mol. The lowest BCUT2D eigenvalue weighted by atomic mass is 9.75. The zero-order chi connectivity index (χ0) is 25.8. The van der Waals surface area contributed by atoms with E-state index in [-0.39, 0.29) is 36.6 Å². The van der Waals surface area contributed by atoms with Gasteiger partial charge in [0.05, 0.1) is 17.5 Å². The second kappa shape index (κ2) is 8.83. The molecule has 3 aliphatic heterocycles. The molecule has 0 N–H and O–H groups in total. The number of rotatable bonds is 3. The number of aromatic nitrogens is 3. The van der Waals surface area contributed by atoms with E-state index < -0.39 is 5.92 Å². The molecule has 3 aliphatic rings. The Morgan fingerprint density at radius 3 is 2.58 bits per heavy atom. The summed E-state index contributed by atoms with van der Waals surface area (Å²) in [6.45, 7) is 1.13. The molecule has 10 heteroatoms. The summed E-state index contributed by atoms with van der Waals surface area (Å²) in [5, 5.41) is 8.14. The number of hydrogen-bond donors (Lipinski definition) is 0. The molecule has 0 unspecified atom stereocenters. The van der Waals surface area contributed by atoms with E-state index in [0.717, 1.165) is 5.56 Å². The summed E-state index contributed by atoms with van der Waals surface area (Å²) in [5.74, 6) is 0.407. The molecule has 0 aliphatic carbocycles. The lowest BCUT2D eigenvalue weighted by Gasteiger charge is -2.53. The molecule has 2 saturated heterocycles. The quantitative estimate of drug-likeness (QED) is 0.383. The Labute approximate surface area is 217 Å². The van der Waals surface area contributed by atoms with Crippen molar-refractivity contribution in [2.24, 2.45) is 0 Å². The lowest BCUT2D eigenvalue weighted by Crippen LogP contribution is -2.60. The molecule has 0 saturated carbocycles. The van der Waals surface area contributed by atoms with Crippen molar-refractivity contribution in [1.82, 2.24) is 24.8 Å². The van der Waals surface area contributed by atoms with Crippen molar-refractivity contribution in [2.75, 3.05) is 19.9 Å². The Hall–Kier alpha value is -4.47. The van der Waals surface area contributed by atoms with E-state index in [0.29, 0.717) is 54.0 Å². The molecule has 0 spiro atoms. The third-order valence-corrected chi connectivity index (χ3v) is 7.74. The number of para-hydroxylation sites is 1. The van der Waals surface area contributed by atoms with Crippen LogP contribution in [0.15, 0.2) is 66.7 Å². The van der Waals surface area contributed by atoms with Crippen LogP contribution in [0.2, 0.25) is 0 Å². The number of amides is 2. The van der Waals surface area contributed by atoms with Crippen molar-refractivity contribution in [2.45, 2.75) is 30.8 Å². The minimum atomic E-state index is -0.493. The first-order valence-corrected chi connectivity index (χ1v) is 12.7. The molecule has 192 valence electrons. The zero-order valence-electron chi connectivity index (χ0n) is 20.4. The first-order valence-electron chi connectivity index (χ1n) is 12.7. The maximum absolute atomic E-state index is 14.1. The molecule has 38 heavy (non-hydrogen) atoms. The summed E-state index contributed by atoms with van der Waals surface area (Å²) >= 11 is 0. The van der Waals surface area contributed by atoms with Gasteiger partial charge in [-0.15, -0.1) is 5.10 Å². The van der Waals surface area contributed by atoms with E-state index in [1.54, 1.807) is 17.0 Å². The summed E-state index contributed by atoms with van der Waals surface area (Å²) in [6.07, 6.45) is 1.25. The highest BCUT2D eigenvalue weighted by Gasteiger charge is 2.52. The average Bonchev–Trinajstić information content (AvgIpc) is 3.58. The van der Waals surface area contributed by atoms with Crippen LogP contribution >= 0.6 is 0 Å². The third-order valence-electron chi connectivity index (χ3n) is 7.74. The zero-order valence-corrected chi connectivity index (χ0v) is 20.4. The van der Waals surface area contributed by atoms with E-state index in [1.807, 2.05) is 47.4 Å². The summed E-state index contributed by atoms with van der Waals surface area (Å²) < 4.78 is 26.5. The number of β-lactam (4-membered cyclic amide) rings is 1. The molecule has 0 radical (unpaired) electrons. The van der Waals surface area contributed by atoms with E-state index >= 15 is 0 Å². The van der Waals surface area contributed by atoms with Crippen molar-refractivity contribution in [3.63, 3.8) is 0 Å². The van der Waals surface area contributed by atoms with Gasteiger partial charge in [0.25, 0.3) is 0 Å². The van der Waals surface area contributed by atoms with Crippen molar-refractivity contribution in [1.29, 1.82) is 0 Å². The summed E-state index contributed by atoms with van der Waals surface area (Å²) in [6, 6.07) is 18.7. The molecular weight excluding hydrogens is 489 g/mol. The number of piperidine rings is 1. The first kappa shape index (κ1) is 22.7. The lowest BCUT2D eigenvalue weighted by molar-refractivity contribution is -0.156. The van der Waals surface area contributed by atoms with E-state index in [9.17, 15) is 14.0 Å². The summed E-state index contributed by atoms with van der Waals surface area (Å²) in [4.78, 5) is 30.4. The molecule has 2 amide bonds. The van der Waals surface area contributed by atoms with Crippen LogP contribution in [0.1, 0.15) is 35.9 Å². The fourth-order valence-corrected chi connectivity index (χ4v) is 5.87. The number of ether oxygens (including phenoxy) is 2. The van der Waals surface area contributed by atoms with Gasteiger partial charge in [0.2, 0.25) is 12.7 Å². The Morgan fingerprint density at radius 2 is 1.74 bits per heavy atom. The Balaban J connectivity index is 1.14. The van der Waals surface area contributed by atoms with Gasteiger partial charge in [-0.1, -0.05) is 35.5 Å². The van der Waals surface area contributed by atoms with Crippen LogP contribution in [0.5, 0.6) is 11.5 Å². The number of fused-ring (bicyclic) bond motifs is 2. The highest BCUT2D eigenvalue weighted by atomic mass is 19.1. The molecule has 4 heterocycles. The Morgan fingerprint density at radius 1 is 0.921 bits per heavy atom. The van der Waals surface area contributed by atoms with Crippen LogP contribution in [-0.4, -0.2) is 62.7 Å². The highest BCUT2D eigenvalue weighted by molar-refractivity contribution is 5.92. The largest absolute Gasteiger partial charge is 0.454 e. The molecule has 1 aromatic heterocycles. The number of nitrogens with zero attached hydrogens (tertiary/aromatic N) is 5. The summed E-state index contributed by atoms with van der Waals surface area (Å²) in [5.41, 5.74) is 2.89. The van der Waals surface area contributed by atoms with E-state index in [4.69, 9.17) is 9.47 Å². The minimum Gasteiger partial charge on any atom is -0.454 e. The predicted octanol–water partition coefficient (Wildman–Crippen LogP) is 4.10. The summed E-state index contributed by atoms with van der Waals surface area (Å²) in [7, 11) is 0. The number of carbonyl (C=O) groups excluding carboxylic acids is 2. The molecule has 2 fully saturated rings. The Bertz CT molecular complexity index is 1560. The van der Waals surface area contributed by atoms with Gasteiger partial charge in [0.1, 0.15) is 11.3 Å². The monoisotopic (exact) mass is 513 g/mol. The van der Waals surface area contributed by atoms with Crippen molar-refractivity contribution in [3.05, 3.63) is 83.7 Å². The topological polar surface area (TPSA) is 89.8 Å². The SMILES string of the molecule is O=C1[C@H](c2cccc(F)c2)[C@@H](c2ccc3c(c2)OCO3)N1C1CCN(C(=O)n2nnc3ccccc32)CC1. The standard InChI is InChI=1S/C28H24FN5O4/c29-19-5-3-4-17(14-19)25-26(18-8-9-23-24(15-18)38-16-37-23)33(27(25)35)20-10-12-32(13-11-20)28(36)34-22-7-2-1-6-21(22)30-31-34/h1-9,14-15,20,25-26H,10-13,16H2/t25-,26-/m1/s1. The van der Waals surface area contributed by atoms with Crippen LogP contribution < -0.4 is 9.47 Å². The van der Waals surface area contributed by atoms with Crippen LogP contribution in [0.25, 0.3) is 11.0 Å². The minimum absolute atomic E-state index is 0.0367. The number of halogens is 1. The number of carbonyl (C=O) groups is 2. The second-order valence-electron chi connectivity index (χ2n) is 9.83. The van der Waals surface area contributed by atoms with Crippen LogP contribution in [0.3, 0.4) is 0 Å². The van der Waals surface area contributed by atoms with Crippen LogP contribution in [0, 0.1) is 5.82 Å². The van der Waals surface area contributed by atoms with Gasteiger partial charge in [-0.05, 0) is 60.4 Å². The molecule has 0 bridgehead atoms. The Kier molecular flexibility index (Phi) is 5.27. The van der Waals surface area contributed by atoms with Gasteiger partial charge in [-0.2, -0.15) is 4.68 Å².